The van der Waals surface area contributed by atoms with E-state index in [-0.39, 0.29) is 11.5 Å². The van der Waals surface area contributed by atoms with Gasteiger partial charge < -0.3 is 10.2 Å². The lowest BCUT2D eigenvalue weighted by Gasteiger charge is -1.96. The molecular weight excluding hydrogens is 264 g/mol. The molecule has 2 aromatic carbocycles. The van der Waals surface area contributed by atoms with Gasteiger partial charge in [0.25, 0.3) is 0 Å². The van der Waals surface area contributed by atoms with Gasteiger partial charge in [0.2, 0.25) is 0 Å². The summed E-state index contributed by atoms with van der Waals surface area (Å²) in [5, 5.41) is 18.6. The lowest BCUT2D eigenvalue weighted by molar-refractivity contribution is 0.474. The van der Waals surface area contributed by atoms with Gasteiger partial charge in [-0.25, -0.2) is 0 Å². The number of phenols is 2. The summed E-state index contributed by atoms with van der Waals surface area (Å²) in [6.07, 6.45) is 4.35. The molecule has 0 aromatic heterocycles. The minimum atomic E-state index is 0.245. The number of hydrogen-bond acceptors (Lipinski definition) is 4. The Labute approximate surface area is 124 Å². The molecule has 0 aliphatic carbocycles. The van der Waals surface area contributed by atoms with Gasteiger partial charge in [0.05, 0.1) is 0 Å². The van der Waals surface area contributed by atoms with Crippen LogP contribution in [0.4, 0.5) is 0 Å². The summed E-state index contributed by atoms with van der Waals surface area (Å²) in [5.74, 6) is 0.490. The second-order valence-corrected chi connectivity index (χ2v) is 4.61. The fourth-order valence-corrected chi connectivity index (χ4v) is 1.80. The summed E-state index contributed by atoms with van der Waals surface area (Å²) >= 11 is 0. The Bertz CT molecular complexity index is 581. The summed E-state index contributed by atoms with van der Waals surface area (Å²) in [6.45, 7) is 1.38. The molecule has 0 aliphatic heterocycles. The molecule has 0 atom stereocenters. The maximum Gasteiger partial charge on any atom is 0.116 e. The average Bonchev–Trinajstić information content (AvgIpc) is 2.46. The van der Waals surface area contributed by atoms with Crippen molar-refractivity contribution in [2.24, 2.45) is 9.98 Å². The van der Waals surface area contributed by atoms with E-state index in [1.54, 1.807) is 48.8 Å². The molecule has 4 heteroatoms. The lowest BCUT2D eigenvalue weighted by Crippen LogP contribution is -1.89. The molecule has 2 aromatic rings. The monoisotopic (exact) mass is 282 g/mol. The highest BCUT2D eigenvalue weighted by Crippen LogP contribution is 2.09. The fourth-order valence-electron chi connectivity index (χ4n) is 1.80. The van der Waals surface area contributed by atoms with E-state index in [1.807, 2.05) is 12.1 Å². The summed E-state index contributed by atoms with van der Waals surface area (Å²) in [4.78, 5) is 8.58. The first-order chi connectivity index (χ1) is 10.2. The average molecular weight is 282 g/mol. The van der Waals surface area contributed by atoms with Crippen LogP contribution >= 0.6 is 0 Å². The second-order valence-electron chi connectivity index (χ2n) is 4.61. The van der Waals surface area contributed by atoms with Gasteiger partial charge in [0, 0.05) is 25.5 Å². The van der Waals surface area contributed by atoms with Crippen molar-refractivity contribution >= 4 is 12.4 Å². The SMILES string of the molecule is Oc1cccc(C=NCCCN=Cc2cccc(O)c2)c1. The van der Waals surface area contributed by atoms with Crippen molar-refractivity contribution in [1.29, 1.82) is 0 Å². The molecule has 0 amide bonds. The van der Waals surface area contributed by atoms with Crippen molar-refractivity contribution in [2.75, 3.05) is 13.1 Å². The highest BCUT2D eigenvalue weighted by Gasteiger charge is 1.91. The smallest absolute Gasteiger partial charge is 0.116 e. The van der Waals surface area contributed by atoms with Crippen molar-refractivity contribution in [3.63, 3.8) is 0 Å². The second kappa shape index (κ2) is 7.85. The van der Waals surface area contributed by atoms with Gasteiger partial charge in [-0.2, -0.15) is 0 Å². The van der Waals surface area contributed by atoms with Crippen LogP contribution in [0.25, 0.3) is 0 Å². The fraction of sp³-hybridized carbons (Fsp3) is 0.176. The molecule has 2 N–H and O–H groups in total. The van der Waals surface area contributed by atoms with E-state index in [9.17, 15) is 10.2 Å². The molecule has 0 fully saturated rings. The van der Waals surface area contributed by atoms with E-state index in [2.05, 4.69) is 9.98 Å². The van der Waals surface area contributed by atoms with Crippen LogP contribution in [0.3, 0.4) is 0 Å². The van der Waals surface area contributed by atoms with E-state index >= 15 is 0 Å². The first kappa shape index (κ1) is 14.8. The highest BCUT2D eigenvalue weighted by molar-refractivity contribution is 5.80. The Kier molecular flexibility index (Phi) is 5.52. The third-order valence-electron chi connectivity index (χ3n) is 2.80. The van der Waals surface area contributed by atoms with Crippen LogP contribution in [-0.4, -0.2) is 35.7 Å². The molecule has 0 spiro atoms. The molecule has 0 unspecified atom stereocenters. The Hall–Kier alpha value is -2.62. The summed E-state index contributed by atoms with van der Waals surface area (Å²) in [5.41, 5.74) is 1.77. The predicted molar refractivity (Wildman–Crippen MR) is 85.8 cm³/mol. The first-order valence-electron chi connectivity index (χ1n) is 6.82. The van der Waals surface area contributed by atoms with Gasteiger partial charge in [0.1, 0.15) is 11.5 Å². The van der Waals surface area contributed by atoms with Gasteiger partial charge in [-0.05, 0) is 41.8 Å². The van der Waals surface area contributed by atoms with Gasteiger partial charge in [-0.3, -0.25) is 9.98 Å². The molecule has 0 heterocycles. The Morgan fingerprint density at radius 3 is 1.67 bits per heavy atom. The Balaban J connectivity index is 1.70. The van der Waals surface area contributed by atoms with Crippen molar-refractivity contribution < 1.29 is 10.2 Å². The number of hydrogen-bond donors (Lipinski definition) is 2. The molecule has 0 saturated heterocycles. The molecule has 0 aliphatic rings. The highest BCUT2D eigenvalue weighted by atomic mass is 16.3. The van der Waals surface area contributed by atoms with Crippen LogP contribution in [0, 0.1) is 0 Å². The zero-order chi connectivity index (χ0) is 14.9. The molecule has 0 bridgehead atoms. The van der Waals surface area contributed by atoms with E-state index in [0.717, 1.165) is 17.5 Å². The van der Waals surface area contributed by atoms with Crippen LogP contribution in [-0.2, 0) is 0 Å². The number of aromatic hydroxyl groups is 2. The maximum absolute atomic E-state index is 9.31. The normalized spacial score (nSPS) is 11.4. The standard InChI is InChI=1S/C17H18N2O2/c20-16-6-1-4-14(10-16)12-18-8-3-9-19-13-15-5-2-7-17(21)11-15/h1-2,4-7,10-13,20-21H,3,8-9H2. The number of benzene rings is 2. The van der Waals surface area contributed by atoms with E-state index < -0.39 is 0 Å². The molecule has 21 heavy (non-hydrogen) atoms. The third kappa shape index (κ3) is 5.48. The molecule has 4 nitrogen and oxygen atoms in total. The van der Waals surface area contributed by atoms with Crippen LogP contribution in [0.1, 0.15) is 17.5 Å². The number of rotatable bonds is 6. The summed E-state index contributed by atoms with van der Waals surface area (Å²) in [6, 6.07) is 14.0. The minimum Gasteiger partial charge on any atom is -0.508 e. The van der Waals surface area contributed by atoms with Gasteiger partial charge >= 0.3 is 0 Å². The van der Waals surface area contributed by atoms with Crippen LogP contribution in [0.2, 0.25) is 0 Å². The molecule has 0 saturated carbocycles. The first-order valence-corrected chi connectivity index (χ1v) is 6.82. The number of phenolic OH excluding ortho intramolecular Hbond substituents is 2. The minimum absolute atomic E-state index is 0.245. The quantitative estimate of drug-likeness (QED) is 0.632. The Morgan fingerprint density at radius 2 is 1.24 bits per heavy atom. The van der Waals surface area contributed by atoms with E-state index in [0.29, 0.717) is 13.1 Å². The zero-order valence-corrected chi connectivity index (χ0v) is 11.7. The van der Waals surface area contributed by atoms with Crippen LogP contribution in [0.5, 0.6) is 11.5 Å². The predicted octanol–water partition coefficient (Wildman–Crippen LogP) is 3.03. The molecule has 2 rings (SSSR count). The van der Waals surface area contributed by atoms with Gasteiger partial charge in [-0.15, -0.1) is 0 Å². The number of nitrogens with zero attached hydrogens (tertiary/aromatic N) is 2. The summed E-state index contributed by atoms with van der Waals surface area (Å²) in [7, 11) is 0. The number of aliphatic imine (C=N–C) groups is 2. The van der Waals surface area contributed by atoms with Crippen molar-refractivity contribution in [3.8, 4) is 11.5 Å². The molecule has 108 valence electrons. The third-order valence-corrected chi connectivity index (χ3v) is 2.80. The summed E-state index contributed by atoms with van der Waals surface area (Å²) < 4.78 is 0. The molecule has 0 radical (unpaired) electrons. The Morgan fingerprint density at radius 1 is 0.762 bits per heavy atom. The topological polar surface area (TPSA) is 65.2 Å². The molecular formula is C17H18N2O2. The maximum atomic E-state index is 9.31. The zero-order valence-electron chi connectivity index (χ0n) is 11.7. The van der Waals surface area contributed by atoms with E-state index in [4.69, 9.17) is 0 Å². The van der Waals surface area contributed by atoms with Crippen molar-refractivity contribution in [3.05, 3.63) is 59.7 Å². The van der Waals surface area contributed by atoms with Crippen molar-refractivity contribution in [2.45, 2.75) is 6.42 Å². The largest absolute Gasteiger partial charge is 0.508 e. The van der Waals surface area contributed by atoms with E-state index in [1.165, 1.54) is 0 Å². The lowest BCUT2D eigenvalue weighted by atomic mass is 10.2. The van der Waals surface area contributed by atoms with Crippen LogP contribution in [0.15, 0.2) is 58.5 Å². The van der Waals surface area contributed by atoms with Crippen LogP contribution < -0.4 is 0 Å². The van der Waals surface area contributed by atoms with Gasteiger partial charge in [0.15, 0.2) is 0 Å². The van der Waals surface area contributed by atoms with Crippen molar-refractivity contribution in [1.82, 2.24) is 0 Å². The van der Waals surface area contributed by atoms with Gasteiger partial charge in [-0.1, -0.05) is 24.3 Å².